The Labute approximate surface area is 312 Å². The minimum Gasteiger partial charge on any atom is -0.493 e. The summed E-state index contributed by atoms with van der Waals surface area (Å²) in [5, 5.41) is 1.62. The van der Waals surface area contributed by atoms with Gasteiger partial charge in [0.25, 0.3) is 0 Å². The first-order valence-corrected chi connectivity index (χ1v) is 20.1. The van der Waals surface area contributed by atoms with E-state index >= 15 is 0 Å². The normalized spacial score (nSPS) is 16.7. The van der Waals surface area contributed by atoms with Gasteiger partial charge in [0.05, 0.1) is 31.1 Å². The first-order chi connectivity index (χ1) is 25.1. The van der Waals surface area contributed by atoms with E-state index in [2.05, 4.69) is 58.4 Å². The van der Waals surface area contributed by atoms with E-state index in [9.17, 15) is 13.2 Å². The molecule has 0 bridgehead atoms. The lowest BCUT2D eigenvalue weighted by Crippen LogP contribution is -2.46. The number of carbonyl (C=O) groups excluding carboxylic acids is 1. The molecule has 4 aromatic carbocycles. The van der Waals surface area contributed by atoms with Crippen molar-refractivity contribution in [3.8, 4) is 5.75 Å². The highest BCUT2D eigenvalue weighted by atomic mass is 35.5. The van der Waals surface area contributed by atoms with Gasteiger partial charge in [0.1, 0.15) is 5.75 Å². The zero-order chi connectivity index (χ0) is 36.7. The van der Waals surface area contributed by atoms with Crippen molar-refractivity contribution in [2.24, 2.45) is 0 Å². The number of methoxy groups -OCH3 is 1. The summed E-state index contributed by atoms with van der Waals surface area (Å²) in [4.78, 5) is 14.3. The third-order valence-electron chi connectivity index (χ3n) is 10.2. The van der Waals surface area contributed by atoms with Crippen molar-refractivity contribution >= 4 is 38.5 Å². The van der Waals surface area contributed by atoms with Crippen LogP contribution in [0.25, 0.3) is 10.9 Å². The van der Waals surface area contributed by atoms with Crippen LogP contribution < -0.4 is 9.46 Å². The van der Waals surface area contributed by atoms with Gasteiger partial charge >= 0.3 is 5.97 Å². The Morgan fingerprint density at radius 3 is 2.13 bits per heavy atom. The summed E-state index contributed by atoms with van der Waals surface area (Å²) in [6.07, 6.45) is 4.39. The van der Waals surface area contributed by atoms with E-state index in [4.69, 9.17) is 21.1 Å². The van der Waals surface area contributed by atoms with Crippen LogP contribution in [0.2, 0.25) is 5.02 Å². The number of sulfonamides is 1. The number of likely N-dealkylation sites (tertiary alicyclic amines) is 1. The summed E-state index contributed by atoms with van der Waals surface area (Å²) >= 11 is 6.66. The second kappa shape index (κ2) is 17.1. The standard InChI is InChI=1S/C42H48ClN3O5S/c1-30-11-10-12-31(2)45(30)26-28-52(48,49)44-25-23-40-37(24-27-51-36-20-17-34(18-21-36)42(47)50-3)38-29-35(43)19-22-39(38)46(40)41(32-13-6-4-7-14-32)33-15-8-5-9-16-33/h4-9,13-22,29-31,41,44H,10-12,23-28H2,1-3H3/t30-,31+. The van der Waals surface area contributed by atoms with Crippen LogP contribution in [0.4, 0.5) is 0 Å². The minimum atomic E-state index is -3.53. The van der Waals surface area contributed by atoms with Gasteiger partial charge in [-0.2, -0.15) is 0 Å². The molecule has 0 radical (unpaired) electrons. The van der Waals surface area contributed by atoms with Crippen molar-refractivity contribution < 1.29 is 22.7 Å². The molecule has 6 rings (SSSR count). The van der Waals surface area contributed by atoms with E-state index in [0.29, 0.717) is 54.4 Å². The monoisotopic (exact) mass is 741 g/mol. The third kappa shape index (κ3) is 8.89. The molecule has 5 aromatic rings. The van der Waals surface area contributed by atoms with Crippen molar-refractivity contribution in [2.45, 2.75) is 64.1 Å². The van der Waals surface area contributed by atoms with E-state index in [1.54, 1.807) is 24.3 Å². The molecule has 274 valence electrons. The van der Waals surface area contributed by atoms with Crippen molar-refractivity contribution in [3.05, 3.63) is 136 Å². The number of esters is 1. The fraction of sp³-hybridized carbons (Fsp3) is 0.357. The minimum absolute atomic E-state index is 0.0619. The summed E-state index contributed by atoms with van der Waals surface area (Å²) in [7, 11) is -2.17. The number of carbonyl (C=O) groups is 1. The molecule has 1 saturated heterocycles. The van der Waals surface area contributed by atoms with Crippen molar-refractivity contribution in [1.82, 2.24) is 14.2 Å². The molecule has 8 nitrogen and oxygen atoms in total. The number of ether oxygens (including phenoxy) is 2. The zero-order valence-electron chi connectivity index (χ0n) is 30.1. The van der Waals surface area contributed by atoms with Gasteiger partial charge in [0, 0.05) is 59.6 Å². The molecule has 2 heterocycles. The summed E-state index contributed by atoms with van der Waals surface area (Å²) in [6, 6.07) is 34.2. The number of aromatic nitrogens is 1. The Morgan fingerprint density at radius 2 is 1.52 bits per heavy atom. The smallest absolute Gasteiger partial charge is 0.337 e. The SMILES string of the molecule is COC(=O)c1ccc(OCCc2c(CCNS(=O)(=O)CCN3[C@H](C)CCC[C@@H]3C)n(C(c3ccccc3)c3ccccc3)c3ccc(Cl)cc23)cc1. The molecule has 1 aliphatic rings. The first kappa shape index (κ1) is 37.6. The van der Waals surface area contributed by atoms with Crippen LogP contribution in [0, 0.1) is 0 Å². The van der Waals surface area contributed by atoms with Crippen LogP contribution in [0.5, 0.6) is 5.75 Å². The average molecular weight is 742 g/mol. The Bertz CT molecular complexity index is 2000. The summed E-state index contributed by atoms with van der Waals surface area (Å²) in [5.41, 5.74) is 5.74. The van der Waals surface area contributed by atoms with Crippen molar-refractivity contribution in [2.75, 3.05) is 32.6 Å². The molecule has 0 spiro atoms. The number of hydrogen-bond acceptors (Lipinski definition) is 6. The molecular weight excluding hydrogens is 694 g/mol. The molecule has 1 aliphatic heterocycles. The van der Waals surface area contributed by atoms with E-state index < -0.39 is 16.0 Å². The highest BCUT2D eigenvalue weighted by Gasteiger charge is 2.28. The molecule has 1 fully saturated rings. The number of piperidine rings is 1. The van der Waals surface area contributed by atoms with Gasteiger partial charge in [0.2, 0.25) is 10.0 Å². The Hall–Kier alpha value is -4.15. The van der Waals surface area contributed by atoms with Crippen molar-refractivity contribution in [1.29, 1.82) is 0 Å². The molecule has 0 aliphatic carbocycles. The van der Waals surface area contributed by atoms with Crippen LogP contribution >= 0.6 is 11.6 Å². The maximum Gasteiger partial charge on any atom is 0.337 e. The topological polar surface area (TPSA) is 89.9 Å². The van der Waals surface area contributed by atoms with E-state index in [-0.39, 0.29) is 18.3 Å². The van der Waals surface area contributed by atoms with Crippen molar-refractivity contribution in [3.63, 3.8) is 0 Å². The molecule has 0 saturated carbocycles. The van der Waals surface area contributed by atoms with E-state index in [1.165, 1.54) is 13.5 Å². The molecule has 10 heteroatoms. The van der Waals surface area contributed by atoms with Gasteiger partial charge in [-0.3, -0.25) is 4.90 Å². The number of nitrogens with one attached hydrogen (secondary N) is 1. The lowest BCUT2D eigenvalue weighted by Gasteiger charge is -2.38. The Balaban J connectivity index is 1.34. The molecule has 1 N–H and O–H groups in total. The summed E-state index contributed by atoms with van der Waals surface area (Å²) in [5.74, 6) is 0.290. The predicted octanol–water partition coefficient (Wildman–Crippen LogP) is 8.07. The predicted molar refractivity (Wildman–Crippen MR) is 209 cm³/mol. The van der Waals surface area contributed by atoms with E-state index in [0.717, 1.165) is 46.1 Å². The Kier molecular flexibility index (Phi) is 12.4. The van der Waals surface area contributed by atoms with Crippen LogP contribution in [0.1, 0.15) is 71.9 Å². The highest BCUT2D eigenvalue weighted by molar-refractivity contribution is 7.89. The Morgan fingerprint density at radius 1 is 0.885 bits per heavy atom. The number of fused-ring (bicyclic) bond motifs is 1. The third-order valence-corrected chi connectivity index (χ3v) is 11.8. The lowest BCUT2D eigenvalue weighted by molar-refractivity contribution is 0.0600. The van der Waals surface area contributed by atoms with Crippen LogP contribution in [-0.4, -0.2) is 68.5 Å². The maximum atomic E-state index is 13.4. The number of rotatable bonds is 15. The lowest BCUT2D eigenvalue weighted by atomic mass is 9.97. The van der Waals surface area contributed by atoms with Gasteiger partial charge in [-0.15, -0.1) is 0 Å². The van der Waals surface area contributed by atoms with Crippen LogP contribution in [-0.2, 0) is 27.6 Å². The zero-order valence-corrected chi connectivity index (χ0v) is 31.7. The number of nitrogens with zero attached hydrogens (tertiary/aromatic N) is 2. The van der Waals surface area contributed by atoms with Gasteiger partial charge in [0.15, 0.2) is 0 Å². The summed E-state index contributed by atoms with van der Waals surface area (Å²) < 4.78 is 43.2. The molecule has 1 aromatic heterocycles. The number of hydrogen-bond donors (Lipinski definition) is 1. The number of halogens is 1. The quantitative estimate of drug-likeness (QED) is 0.109. The molecule has 52 heavy (non-hydrogen) atoms. The number of benzene rings is 4. The largest absolute Gasteiger partial charge is 0.493 e. The molecule has 0 unspecified atom stereocenters. The molecule has 2 atom stereocenters. The maximum absolute atomic E-state index is 13.4. The second-order valence-electron chi connectivity index (χ2n) is 13.6. The molecular formula is C42H48ClN3O5S. The highest BCUT2D eigenvalue weighted by Crippen LogP contribution is 2.38. The van der Waals surface area contributed by atoms with Gasteiger partial charge < -0.3 is 14.0 Å². The average Bonchev–Trinajstić information content (AvgIpc) is 3.43. The summed E-state index contributed by atoms with van der Waals surface area (Å²) in [6.45, 7) is 5.51. The molecule has 0 amide bonds. The van der Waals surface area contributed by atoms with Crippen LogP contribution in [0.15, 0.2) is 103 Å². The first-order valence-electron chi connectivity index (χ1n) is 18.1. The second-order valence-corrected chi connectivity index (χ2v) is 16.0. The van der Waals surface area contributed by atoms with Crippen LogP contribution in [0.3, 0.4) is 0 Å². The van der Waals surface area contributed by atoms with Gasteiger partial charge in [-0.05, 0) is 85.8 Å². The fourth-order valence-corrected chi connectivity index (χ4v) is 8.81. The van der Waals surface area contributed by atoms with Gasteiger partial charge in [-0.1, -0.05) is 78.7 Å². The van der Waals surface area contributed by atoms with E-state index in [1.807, 2.05) is 48.5 Å². The fourth-order valence-electron chi connectivity index (χ4n) is 7.63. The van der Waals surface area contributed by atoms with Gasteiger partial charge in [-0.25, -0.2) is 17.9 Å².